The molecule has 1 aromatic rings. The van der Waals surface area contributed by atoms with E-state index >= 15 is 0 Å². The first-order valence-corrected chi connectivity index (χ1v) is 4.05. The van der Waals surface area contributed by atoms with Crippen molar-refractivity contribution in [2.45, 2.75) is 13.5 Å². The van der Waals surface area contributed by atoms with Crippen molar-refractivity contribution >= 4 is 6.29 Å². The van der Waals surface area contributed by atoms with Gasteiger partial charge >= 0.3 is 0 Å². The van der Waals surface area contributed by atoms with Crippen molar-refractivity contribution in [1.29, 1.82) is 0 Å². The molecule has 1 aromatic heterocycles. The Balaban J connectivity index is 2.42. The second kappa shape index (κ2) is 4.72. The summed E-state index contributed by atoms with van der Waals surface area (Å²) < 4.78 is 5.15. The molecule has 0 N–H and O–H groups in total. The maximum atomic E-state index is 10.2. The minimum atomic E-state index is 0.469. The standard InChI is InChI=1S/C9H13NO2/c1-2-10(5-6-11)8-9-4-3-7-12-9/h3-4,6-7H,2,5,8H2,1H3. The molecule has 66 valence electrons. The fourth-order valence-electron chi connectivity index (χ4n) is 1.03. The fourth-order valence-corrected chi connectivity index (χ4v) is 1.03. The van der Waals surface area contributed by atoms with Gasteiger partial charge in [-0.05, 0) is 18.7 Å². The van der Waals surface area contributed by atoms with Gasteiger partial charge in [0.1, 0.15) is 12.0 Å². The second-order valence-corrected chi connectivity index (χ2v) is 2.57. The Kier molecular flexibility index (Phi) is 3.54. The molecule has 0 bridgehead atoms. The molecule has 0 aliphatic carbocycles. The van der Waals surface area contributed by atoms with E-state index < -0.39 is 0 Å². The molecule has 3 nitrogen and oxygen atoms in total. The van der Waals surface area contributed by atoms with E-state index in [9.17, 15) is 4.79 Å². The molecule has 0 unspecified atom stereocenters. The summed E-state index contributed by atoms with van der Waals surface area (Å²) in [6, 6.07) is 3.76. The van der Waals surface area contributed by atoms with E-state index in [0.29, 0.717) is 13.1 Å². The van der Waals surface area contributed by atoms with E-state index in [0.717, 1.165) is 18.6 Å². The van der Waals surface area contributed by atoms with Crippen LogP contribution in [-0.2, 0) is 11.3 Å². The summed E-state index contributed by atoms with van der Waals surface area (Å²) in [6.45, 7) is 4.06. The summed E-state index contributed by atoms with van der Waals surface area (Å²) in [6.07, 6.45) is 2.55. The monoisotopic (exact) mass is 167 g/mol. The van der Waals surface area contributed by atoms with E-state index in [1.807, 2.05) is 24.0 Å². The molecule has 0 saturated heterocycles. The Morgan fingerprint density at radius 3 is 3.00 bits per heavy atom. The van der Waals surface area contributed by atoms with Gasteiger partial charge < -0.3 is 9.21 Å². The number of hydrogen-bond donors (Lipinski definition) is 0. The van der Waals surface area contributed by atoms with E-state index in [1.54, 1.807) is 6.26 Å². The van der Waals surface area contributed by atoms with Gasteiger partial charge in [0.25, 0.3) is 0 Å². The summed E-state index contributed by atoms with van der Waals surface area (Å²) in [5, 5.41) is 0. The Bertz CT molecular complexity index is 218. The predicted molar refractivity (Wildman–Crippen MR) is 45.7 cm³/mol. The Morgan fingerprint density at radius 2 is 2.50 bits per heavy atom. The lowest BCUT2D eigenvalue weighted by Crippen LogP contribution is -2.24. The molecule has 0 aliphatic rings. The van der Waals surface area contributed by atoms with Crippen LogP contribution in [0, 0.1) is 0 Å². The van der Waals surface area contributed by atoms with Crippen LogP contribution in [-0.4, -0.2) is 24.3 Å². The van der Waals surface area contributed by atoms with Crippen molar-refractivity contribution in [3.8, 4) is 0 Å². The first-order valence-electron chi connectivity index (χ1n) is 4.05. The lowest BCUT2D eigenvalue weighted by Gasteiger charge is -2.14. The molecule has 0 fully saturated rings. The van der Waals surface area contributed by atoms with Crippen molar-refractivity contribution in [2.75, 3.05) is 13.1 Å². The molecule has 12 heavy (non-hydrogen) atoms. The average molecular weight is 167 g/mol. The number of hydrogen-bond acceptors (Lipinski definition) is 3. The van der Waals surface area contributed by atoms with E-state index in [-0.39, 0.29) is 0 Å². The lowest BCUT2D eigenvalue weighted by molar-refractivity contribution is -0.109. The SMILES string of the molecule is CCN(CC=O)Cc1ccco1. The smallest absolute Gasteiger partial charge is 0.133 e. The minimum absolute atomic E-state index is 0.469. The quantitative estimate of drug-likeness (QED) is 0.620. The van der Waals surface area contributed by atoms with Gasteiger partial charge in [0, 0.05) is 0 Å². The molecular formula is C9H13NO2. The van der Waals surface area contributed by atoms with Gasteiger partial charge in [-0.1, -0.05) is 6.92 Å². The first-order chi connectivity index (χ1) is 5.86. The maximum Gasteiger partial charge on any atom is 0.133 e. The van der Waals surface area contributed by atoms with Crippen molar-refractivity contribution in [3.63, 3.8) is 0 Å². The largest absolute Gasteiger partial charge is 0.468 e. The topological polar surface area (TPSA) is 33.5 Å². The average Bonchev–Trinajstić information content (AvgIpc) is 2.56. The molecule has 0 amide bonds. The molecule has 1 heterocycles. The molecule has 0 radical (unpaired) electrons. The lowest BCUT2D eigenvalue weighted by atomic mass is 10.4. The van der Waals surface area contributed by atoms with Crippen molar-refractivity contribution < 1.29 is 9.21 Å². The molecule has 1 rings (SSSR count). The summed E-state index contributed by atoms with van der Waals surface area (Å²) >= 11 is 0. The fraction of sp³-hybridized carbons (Fsp3) is 0.444. The zero-order valence-corrected chi connectivity index (χ0v) is 7.19. The molecule has 0 aromatic carbocycles. The van der Waals surface area contributed by atoms with Gasteiger partial charge in [0.05, 0.1) is 19.4 Å². The molecule has 0 saturated carbocycles. The van der Waals surface area contributed by atoms with Crippen molar-refractivity contribution in [2.24, 2.45) is 0 Å². The zero-order chi connectivity index (χ0) is 8.81. The third kappa shape index (κ3) is 2.51. The van der Waals surface area contributed by atoms with Crippen LogP contribution < -0.4 is 0 Å². The Labute approximate surface area is 72.0 Å². The molecule has 0 spiro atoms. The molecule has 0 aliphatic heterocycles. The van der Waals surface area contributed by atoms with E-state index in [2.05, 4.69) is 0 Å². The highest BCUT2D eigenvalue weighted by molar-refractivity contribution is 5.51. The number of aldehydes is 1. The number of carbonyl (C=O) groups excluding carboxylic acids is 1. The van der Waals surface area contributed by atoms with Crippen LogP contribution in [0.2, 0.25) is 0 Å². The van der Waals surface area contributed by atoms with Crippen molar-refractivity contribution in [1.82, 2.24) is 4.90 Å². The van der Waals surface area contributed by atoms with Crippen LogP contribution >= 0.6 is 0 Å². The Morgan fingerprint density at radius 1 is 1.67 bits per heavy atom. The highest BCUT2D eigenvalue weighted by Gasteiger charge is 2.03. The summed E-state index contributed by atoms with van der Waals surface area (Å²) in [4.78, 5) is 12.2. The highest BCUT2D eigenvalue weighted by Crippen LogP contribution is 2.03. The number of likely N-dealkylation sites (N-methyl/N-ethyl adjacent to an activating group) is 1. The second-order valence-electron chi connectivity index (χ2n) is 2.57. The summed E-state index contributed by atoms with van der Waals surface area (Å²) in [5.74, 6) is 0.902. The molecule has 3 heteroatoms. The zero-order valence-electron chi connectivity index (χ0n) is 7.19. The Hall–Kier alpha value is -1.09. The highest BCUT2D eigenvalue weighted by atomic mass is 16.3. The normalized spacial score (nSPS) is 10.5. The van der Waals surface area contributed by atoms with Crippen LogP contribution in [0.3, 0.4) is 0 Å². The van der Waals surface area contributed by atoms with Crippen molar-refractivity contribution in [3.05, 3.63) is 24.2 Å². The maximum absolute atomic E-state index is 10.2. The third-order valence-electron chi connectivity index (χ3n) is 1.74. The van der Waals surface area contributed by atoms with Gasteiger partial charge in [0.15, 0.2) is 0 Å². The third-order valence-corrected chi connectivity index (χ3v) is 1.74. The number of nitrogens with zero attached hydrogens (tertiary/aromatic N) is 1. The van der Waals surface area contributed by atoms with E-state index in [1.165, 1.54) is 0 Å². The number of furan rings is 1. The summed E-state index contributed by atoms with van der Waals surface area (Å²) in [7, 11) is 0. The first kappa shape index (κ1) is 9.00. The predicted octanol–water partition coefficient (Wildman–Crippen LogP) is 1.30. The van der Waals surface area contributed by atoms with Crippen LogP contribution in [0.4, 0.5) is 0 Å². The molecule has 0 atom stereocenters. The number of rotatable bonds is 5. The van der Waals surface area contributed by atoms with Gasteiger partial charge in [-0.2, -0.15) is 0 Å². The van der Waals surface area contributed by atoms with E-state index in [4.69, 9.17) is 4.42 Å². The van der Waals surface area contributed by atoms with Gasteiger partial charge in [-0.15, -0.1) is 0 Å². The van der Waals surface area contributed by atoms with Gasteiger partial charge in [0.2, 0.25) is 0 Å². The summed E-state index contributed by atoms with van der Waals surface area (Å²) in [5.41, 5.74) is 0. The van der Waals surface area contributed by atoms with Crippen LogP contribution in [0.25, 0.3) is 0 Å². The minimum Gasteiger partial charge on any atom is -0.468 e. The van der Waals surface area contributed by atoms with Gasteiger partial charge in [-0.25, -0.2) is 0 Å². The van der Waals surface area contributed by atoms with Crippen LogP contribution in [0.15, 0.2) is 22.8 Å². The van der Waals surface area contributed by atoms with Crippen LogP contribution in [0.1, 0.15) is 12.7 Å². The number of carbonyl (C=O) groups is 1. The van der Waals surface area contributed by atoms with Gasteiger partial charge in [-0.3, -0.25) is 4.90 Å². The molecular weight excluding hydrogens is 154 g/mol. The van der Waals surface area contributed by atoms with Crippen LogP contribution in [0.5, 0.6) is 0 Å².